The summed E-state index contributed by atoms with van der Waals surface area (Å²) < 4.78 is 31.1. The Hall–Kier alpha value is -2.72. The molecule has 2 rings (SSSR count). The molecule has 0 aliphatic carbocycles. The lowest BCUT2D eigenvalue weighted by atomic mass is 10.2. The van der Waals surface area contributed by atoms with Crippen molar-refractivity contribution in [3.63, 3.8) is 0 Å². The van der Waals surface area contributed by atoms with E-state index < -0.39 is 34.5 Å². The summed E-state index contributed by atoms with van der Waals surface area (Å²) in [6.07, 6.45) is 3.10. The molecule has 2 N–H and O–H groups in total. The van der Waals surface area contributed by atoms with E-state index in [4.69, 9.17) is 4.74 Å². The van der Waals surface area contributed by atoms with Crippen LogP contribution in [0, 0.1) is 0 Å². The number of hydrogen-bond acceptors (Lipinski definition) is 6. The van der Waals surface area contributed by atoms with Crippen molar-refractivity contribution in [1.29, 1.82) is 0 Å². The molecule has 1 aromatic rings. The summed E-state index contributed by atoms with van der Waals surface area (Å²) in [6, 6.07) is 4.56. The molecule has 1 heterocycles. The first-order valence-electron chi connectivity index (χ1n) is 8.30. The smallest absolute Gasteiger partial charge is 0.338 e. The standard InChI is InChI=1S/C17H21N3O6S/c1-2-9-18-17(23)19-15(21)12-26-16(22)13-5-7-14(8-6-13)27(24,25)20-10-3-4-11-20/h2,5-8H,1,3-4,9-12H2,(H2,18,19,21,23). The molecular weight excluding hydrogens is 374 g/mol. The van der Waals surface area contributed by atoms with Crippen LogP contribution in [0.5, 0.6) is 0 Å². The molecule has 0 spiro atoms. The zero-order valence-corrected chi connectivity index (χ0v) is 15.5. The second kappa shape index (κ2) is 9.28. The third-order valence-corrected chi connectivity index (χ3v) is 5.70. The van der Waals surface area contributed by atoms with Crippen molar-refractivity contribution in [2.45, 2.75) is 17.7 Å². The molecule has 0 atom stereocenters. The summed E-state index contributed by atoms with van der Waals surface area (Å²) in [7, 11) is -3.56. The Morgan fingerprint density at radius 3 is 2.37 bits per heavy atom. The number of urea groups is 1. The zero-order valence-electron chi connectivity index (χ0n) is 14.6. The van der Waals surface area contributed by atoms with E-state index >= 15 is 0 Å². The van der Waals surface area contributed by atoms with E-state index in [0.29, 0.717) is 13.1 Å². The minimum Gasteiger partial charge on any atom is -0.452 e. The van der Waals surface area contributed by atoms with E-state index in [1.165, 1.54) is 34.6 Å². The van der Waals surface area contributed by atoms with Gasteiger partial charge in [0.1, 0.15) is 0 Å². The number of carbonyl (C=O) groups excluding carboxylic acids is 3. The van der Waals surface area contributed by atoms with Crippen molar-refractivity contribution in [3.05, 3.63) is 42.5 Å². The third kappa shape index (κ3) is 5.63. The SMILES string of the molecule is C=CCNC(=O)NC(=O)COC(=O)c1ccc(S(=O)(=O)N2CCCC2)cc1. The minimum atomic E-state index is -3.56. The van der Waals surface area contributed by atoms with Crippen LogP contribution in [0.4, 0.5) is 4.79 Å². The summed E-state index contributed by atoms with van der Waals surface area (Å²) in [5.74, 6) is -1.60. The predicted octanol–water partition coefficient (Wildman–Crippen LogP) is 0.640. The Morgan fingerprint density at radius 1 is 1.15 bits per heavy atom. The summed E-state index contributed by atoms with van der Waals surface area (Å²) in [5.41, 5.74) is 0.0966. The topological polar surface area (TPSA) is 122 Å². The van der Waals surface area contributed by atoms with Crippen molar-refractivity contribution in [2.75, 3.05) is 26.2 Å². The number of ether oxygens (including phenoxy) is 1. The van der Waals surface area contributed by atoms with Crippen LogP contribution in [-0.2, 0) is 19.6 Å². The molecule has 1 aliphatic heterocycles. The highest BCUT2D eigenvalue weighted by Crippen LogP contribution is 2.21. The molecule has 146 valence electrons. The highest BCUT2D eigenvalue weighted by molar-refractivity contribution is 7.89. The van der Waals surface area contributed by atoms with Crippen LogP contribution in [0.15, 0.2) is 41.8 Å². The molecule has 1 saturated heterocycles. The van der Waals surface area contributed by atoms with Gasteiger partial charge in [0, 0.05) is 19.6 Å². The van der Waals surface area contributed by atoms with Crippen LogP contribution < -0.4 is 10.6 Å². The first-order valence-corrected chi connectivity index (χ1v) is 9.74. The quantitative estimate of drug-likeness (QED) is 0.516. The molecule has 9 nitrogen and oxygen atoms in total. The second-order valence-electron chi connectivity index (χ2n) is 5.76. The first-order chi connectivity index (χ1) is 12.8. The molecule has 10 heteroatoms. The maximum atomic E-state index is 12.4. The number of amides is 3. The molecule has 0 unspecified atom stereocenters. The van der Waals surface area contributed by atoms with Crippen LogP contribution in [0.25, 0.3) is 0 Å². The Bertz CT molecular complexity index is 814. The van der Waals surface area contributed by atoms with Crippen molar-refractivity contribution >= 4 is 27.9 Å². The van der Waals surface area contributed by atoms with Gasteiger partial charge in [0.25, 0.3) is 5.91 Å². The van der Waals surface area contributed by atoms with E-state index in [1.807, 2.05) is 5.32 Å². The van der Waals surface area contributed by atoms with Gasteiger partial charge in [0.05, 0.1) is 10.5 Å². The lowest BCUT2D eigenvalue weighted by Crippen LogP contribution is -2.41. The molecule has 1 aromatic carbocycles. The molecule has 0 saturated carbocycles. The lowest BCUT2D eigenvalue weighted by Gasteiger charge is -2.15. The van der Waals surface area contributed by atoms with Crippen molar-refractivity contribution in [1.82, 2.24) is 14.9 Å². The number of imide groups is 1. The highest BCUT2D eigenvalue weighted by atomic mass is 32.2. The van der Waals surface area contributed by atoms with Gasteiger partial charge in [0.15, 0.2) is 6.61 Å². The molecule has 1 aliphatic rings. The molecule has 0 radical (unpaired) electrons. The average molecular weight is 395 g/mol. The van der Waals surface area contributed by atoms with Crippen molar-refractivity contribution < 1.29 is 27.5 Å². The van der Waals surface area contributed by atoms with Crippen LogP contribution in [-0.4, -0.2) is 56.9 Å². The van der Waals surface area contributed by atoms with Gasteiger partial charge in [-0.2, -0.15) is 4.31 Å². The van der Waals surface area contributed by atoms with E-state index in [0.717, 1.165) is 12.8 Å². The number of carbonyl (C=O) groups is 3. The summed E-state index contributed by atoms with van der Waals surface area (Å²) in [4.78, 5) is 34.8. The van der Waals surface area contributed by atoms with Gasteiger partial charge in [-0.3, -0.25) is 10.1 Å². The molecule has 0 bridgehead atoms. The van der Waals surface area contributed by atoms with Crippen LogP contribution in [0.2, 0.25) is 0 Å². The Morgan fingerprint density at radius 2 is 1.78 bits per heavy atom. The lowest BCUT2D eigenvalue weighted by molar-refractivity contribution is -0.123. The summed E-state index contributed by atoms with van der Waals surface area (Å²) in [6.45, 7) is 3.93. The maximum absolute atomic E-state index is 12.4. The fourth-order valence-electron chi connectivity index (χ4n) is 2.43. The third-order valence-electron chi connectivity index (χ3n) is 3.79. The van der Waals surface area contributed by atoms with Crippen LogP contribution in [0.1, 0.15) is 23.2 Å². The van der Waals surface area contributed by atoms with Gasteiger partial charge < -0.3 is 10.1 Å². The average Bonchev–Trinajstić information content (AvgIpc) is 3.20. The Kier molecular flexibility index (Phi) is 7.08. The zero-order chi connectivity index (χ0) is 19.9. The number of nitrogens with zero attached hydrogens (tertiary/aromatic N) is 1. The maximum Gasteiger partial charge on any atom is 0.338 e. The largest absolute Gasteiger partial charge is 0.452 e. The fraction of sp³-hybridized carbons (Fsp3) is 0.353. The Labute approximate surface area is 157 Å². The van der Waals surface area contributed by atoms with Gasteiger partial charge in [-0.25, -0.2) is 18.0 Å². The second-order valence-corrected chi connectivity index (χ2v) is 7.70. The number of nitrogens with one attached hydrogen (secondary N) is 2. The van der Waals surface area contributed by atoms with Gasteiger partial charge in [-0.1, -0.05) is 6.08 Å². The minimum absolute atomic E-state index is 0.0950. The van der Waals surface area contributed by atoms with E-state index in [-0.39, 0.29) is 17.0 Å². The Balaban J connectivity index is 1.89. The number of benzene rings is 1. The molecule has 3 amide bonds. The highest BCUT2D eigenvalue weighted by Gasteiger charge is 2.27. The summed E-state index contributed by atoms with van der Waals surface area (Å²) >= 11 is 0. The first kappa shape index (κ1) is 20.6. The molecule has 27 heavy (non-hydrogen) atoms. The van der Waals surface area contributed by atoms with Gasteiger partial charge in [-0.15, -0.1) is 6.58 Å². The van der Waals surface area contributed by atoms with Crippen LogP contribution in [0.3, 0.4) is 0 Å². The fourth-order valence-corrected chi connectivity index (χ4v) is 3.94. The van der Waals surface area contributed by atoms with Crippen molar-refractivity contribution in [2.24, 2.45) is 0 Å². The summed E-state index contributed by atoms with van der Waals surface area (Å²) in [5, 5.41) is 4.32. The molecule has 0 aromatic heterocycles. The number of sulfonamides is 1. The van der Waals surface area contributed by atoms with Gasteiger partial charge in [0.2, 0.25) is 10.0 Å². The van der Waals surface area contributed by atoms with Crippen LogP contribution >= 0.6 is 0 Å². The monoisotopic (exact) mass is 395 g/mol. The number of rotatable bonds is 7. The molecule has 1 fully saturated rings. The van der Waals surface area contributed by atoms with E-state index in [2.05, 4.69) is 11.9 Å². The van der Waals surface area contributed by atoms with Crippen molar-refractivity contribution in [3.8, 4) is 0 Å². The number of hydrogen-bond donors (Lipinski definition) is 2. The van der Waals surface area contributed by atoms with Gasteiger partial charge in [-0.05, 0) is 37.1 Å². The predicted molar refractivity (Wildman–Crippen MR) is 96.5 cm³/mol. The molecular formula is C17H21N3O6S. The van der Waals surface area contributed by atoms with E-state index in [1.54, 1.807) is 0 Å². The van der Waals surface area contributed by atoms with Gasteiger partial charge >= 0.3 is 12.0 Å². The van der Waals surface area contributed by atoms with E-state index in [9.17, 15) is 22.8 Å². The number of esters is 1. The normalized spacial score (nSPS) is 14.4.